The number of thiophene rings is 1. The van der Waals surface area contributed by atoms with Crippen molar-refractivity contribution in [3.05, 3.63) is 46.2 Å². The van der Waals surface area contributed by atoms with Gasteiger partial charge in [0.05, 0.1) is 6.04 Å². The van der Waals surface area contributed by atoms with Crippen LogP contribution in [-0.4, -0.2) is 46.9 Å². The zero-order valence-corrected chi connectivity index (χ0v) is 13.2. The molecule has 0 aliphatic carbocycles. The van der Waals surface area contributed by atoms with Gasteiger partial charge in [0.25, 0.3) is 5.91 Å². The number of aromatic nitrogens is 3. The van der Waals surface area contributed by atoms with Crippen molar-refractivity contribution in [2.24, 2.45) is 0 Å². The largest absolute Gasteiger partial charge is 0.350 e. The Morgan fingerprint density at radius 1 is 1.32 bits per heavy atom. The second-order valence-electron chi connectivity index (χ2n) is 5.23. The molecule has 2 aromatic heterocycles. The van der Waals surface area contributed by atoms with Crippen LogP contribution in [0.2, 0.25) is 0 Å². The van der Waals surface area contributed by atoms with Gasteiger partial charge >= 0.3 is 0 Å². The highest BCUT2D eigenvalue weighted by molar-refractivity contribution is 7.10. The lowest BCUT2D eigenvalue weighted by molar-refractivity contribution is 0.0942. The molecule has 0 saturated carbocycles. The van der Waals surface area contributed by atoms with Gasteiger partial charge in [-0.25, -0.2) is 0 Å². The van der Waals surface area contributed by atoms with Gasteiger partial charge in [0.2, 0.25) is 0 Å². The minimum Gasteiger partial charge on any atom is -0.350 e. The highest BCUT2D eigenvalue weighted by Gasteiger charge is 2.17. The first kappa shape index (κ1) is 14.7. The summed E-state index contributed by atoms with van der Waals surface area (Å²) in [6.45, 7) is 0.559. The zero-order chi connectivity index (χ0) is 15.5. The first-order chi connectivity index (χ1) is 10.6. The normalized spacial score (nSPS) is 12.7. The lowest BCUT2D eigenvalue weighted by atomic mass is 10.1. The molecular formula is C15H17N5OS. The maximum Gasteiger partial charge on any atom is 0.251 e. The molecule has 0 aliphatic rings. The lowest BCUT2D eigenvalue weighted by Gasteiger charge is -2.23. The van der Waals surface area contributed by atoms with E-state index in [1.54, 1.807) is 29.5 Å². The third kappa shape index (κ3) is 3.00. The molecule has 0 fully saturated rings. The molecule has 0 aliphatic heterocycles. The number of fused-ring (bicyclic) bond motifs is 1. The van der Waals surface area contributed by atoms with Crippen LogP contribution >= 0.6 is 11.3 Å². The van der Waals surface area contributed by atoms with Crippen molar-refractivity contribution in [2.75, 3.05) is 20.6 Å². The van der Waals surface area contributed by atoms with Crippen LogP contribution in [0.3, 0.4) is 0 Å². The Morgan fingerprint density at radius 3 is 2.86 bits per heavy atom. The number of aromatic amines is 1. The standard InChI is InChI=1S/C15H17N5OS/c1-20(2)13(14-4-3-7-22-14)9-16-15(21)10-5-6-11-12(8-10)18-19-17-11/h3-8,13H,9H2,1-2H3,(H,16,21)(H,17,18,19)/t13-/m1/s1. The second kappa shape index (κ2) is 6.25. The van der Waals surface area contributed by atoms with E-state index in [-0.39, 0.29) is 11.9 Å². The van der Waals surface area contributed by atoms with Crippen molar-refractivity contribution in [1.82, 2.24) is 25.6 Å². The predicted octanol–water partition coefficient (Wildman–Crippen LogP) is 2.05. The van der Waals surface area contributed by atoms with Crippen LogP contribution in [0.25, 0.3) is 11.0 Å². The number of hydrogen-bond donors (Lipinski definition) is 2. The molecule has 114 valence electrons. The monoisotopic (exact) mass is 315 g/mol. The van der Waals surface area contributed by atoms with E-state index >= 15 is 0 Å². The number of nitrogens with one attached hydrogen (secondary N) is 2. The van der Waals surface area contributed by atoms with E-state index in [9.17, 15) is 4.79 Å². The van der Waals surface area contributed by atoms with Gasteiger partial charge in [-0.1, -0.05) is 6.07 Å². The van der Waals surface area contributed by atoms with Crippen molar-refractivity contribution >= 4 is 28.3 Å². The van der Waals surface area contributed by atoms with Gasteiger partial charge in [0, 0.05) is 17.0 Å². The first-order valence-electron chi connectivity index (χ1n) is 6.93. The molecule has 0 saturated heterocycles. The molecule has 1 amide bonds. The predicted molar refractivity (Wildman–Crippen MR) is 87.0 cm³/mol. The van der Waals surface area contributed by atoms with Crippen LogP contribution in [-0.2, 0) is 0 Å². The minimum atomic E-state index is -0.103. The fourth-order valence-electron chi connectivity index (χ4n) is 2.29. The SMILES string of the molecule is CN(C)[C@H](CNC(=O)c1ccc2n[nH]nc2c1)c1cccs1. The third-order valence-electron chi connectivity index (χ3n) is 3.53. The Bertz CT molecular complexity index is 765. The summed E-state index contributed by atoms with van der Waals surface area (Å²) in [4.78, 5) is 15.7. The van der Waals surface area contributed by atoms with Crippen molar-refractivity contribution in [3.63, 3.8) is 0 Å². The summed E-state index contributed by atoms with van der Waals surface area (Å²) in [6, 6.07) is 9.57. The molecule has 3 aromatic rings. The maximum absolute atomic E-state index is 12.3. The van der Waals surface area contributed by atoms with Crippen LogP contribution in [0.15, 0.2) is 35.7 Å². The number of benzene rings is 1. The van der Waals surface area contributed by atoms with Gasteiger partial charge in [-0.3, -0.25) is 4.79 Å². The second-order valence-corrected chi connectivity index (χ2v) is 6.21. The molecule has 0 bridgehead atoms. The zero-order valence-electron chi connectivity index (χ0n) is 12.4. The van der Waals surface area contributed by atoms with E-state index in [0.717, 1.165) is 5.52 Å². The Balaban J connectivity index is 1.70. The smallest absolute Gasteiger partial charge is 0.251 e. The summed E-state index contributed by atoms with van der Waals surface area (Å²) < 4.78 is 0. The van der Waals surface area contributed by atoms with Crippen LogP contribution < -0.4 is 5.32 Å². The molecule has 2 N–H and O–H groups in total. The molecule has 6 nitrogen and oxygen atoms in total. The number of amides is 1. The topological polar surface area (TPSA) is 73.9 Å². The molecule has 1 aromatic carbocycles. The molecule has 1 atom stereocenters. The number of nitrogens with zero attached hydrogens (tertiary/aromatic N) is 3. The van der Waals surface area contributed by atoms with E-state index in [1.807, 2.05) is 25.5 Å². The summed E-state index contributed by atoms with van der Waals surface area (Å²) in [6.07, 6.45) is 0. The van der Waals surface area contributed by atoms with Gasteiger partial charge in [-0.15, -0.1) is 11.3 Å². The van der Waals surface area contributed by atoms with Gasteiger partial charge in [0.1, 0.15) is 11.0 Å². The van der Waals surface area contributed by atoms with Crippen molar-refractivity contribution in [1.29, 1.82) is 0 Å². The Morgan fingerprint density at radius 2 is 2.14 bits per heavy atom. The van der Waals surface area contributed by atoms with Crippen LogP contribution in [0, 0.1) is 0 Å². The molecule has 0 spiro atoms. The molecule has 2 heterocycles. The maximum atomic E-state index is 12.3. The van der Waals surface area contributed by atoms with Crippen LogP contribution in [0.5, 0.6) is 0 Å². The summed E-state index contributed by atoms with van der Waals surface area (Å²) in [5, 5.41) is 15.6. The number of rotatable bonds is 5. The van der Waals surface area contributed by atoms with Crippen molar-refractivity contribution in [2.45, 2.75) is 6.04 Å². The van der Waals surface area contributed by atoms with Crippen LogP contribution in [0.4, 0.5) is 0 Å². The Hall–Kier alpha value is -2.25. The van der Waals surface area contributed by atoms with E-state index in [0.29, 0.717) is 17.6 Å². The lowest BCUT2D eigenvalue weighted by Crippen LogP contribution is -2.34. The Kier molecular flexibility index (Phi) is 4.17. The quantitative estimate of drug-likeness (QED) is 0.756. The molecule has 7 heteroatoms. The van der Waals surface area contributed by atoms with E-state index in [2.05, 4.69) is 31.7 Å². The fourth-order valence-corrected chi connectivity index (χ4v) is 3.21. The number of likely N-dealkylation sites (N-methyl/N-ethyl adjacent to an activating group) is 1. The van der Waals surface area contributed by atoms with Crippen molar-refractivity contribution in [3.8, 4) is 0 Å². The average Bonchev–Trinajstić information content (AvgIpc) is 3.17. The number of carbonyl (C=O) groups excluding carboxylic acids is 1. The van der Waals surface area contributed by atoms with Gasteiger partial charge in [0.15, 0.2) is 0 Å². The fraction of sp³-hybridized carbons (Fsp3) is 0.267. The summed E-state index contributed by atoms with van der Waals surface area (Å²) in [7, 11) is 4.02. The van der Waals surface area contributed by atoms with Crippen LogP contribution in [0.1, 0.15) is 21.3 Å². The average molecular weight is 315 g/mol. The van der Waals surface area contributed by atoms with Crippen molar-refractivity contribution < 1.29 is 4.79 Å². The number of H-pyrrole nitrogens is 1. The van der Waals surface area contributed by atoms with E-state index in [1.165, 1.54) is 4.88 Å². The molecule has 3 rings (SSSR count). The molecule has 22 heavy (non-hydrogen) atoms. The summed E-state index contributed by atoms with van der Waals surface area (Å²) in [5.74, 6) is -0.103. The van der Waals surface area contributed by atoms with E-state index < -0.39 is 0 Å². The van der Waals surface area contributed by atoms with E-state index in [4.69, 9.17) is 0 Å². The summed E-state index contributed by atoms with van der Waals surface area (Å²) in [5.41, 5.74) is 2.03. The highest BCUT2D eigenvalue weighted by Crippen LogP contribution is 2.22. The molecule has 0 unspecified atom stereocenters. The molecule has 0 radical (unpaired) electrons. The molecular weight excluding hydrogens is 298 g/mol. The Labute approximate surface area is 132 Å². The first-order valence-corrected chi connectivity index (χ1v) is 7.81. The van der Waals surface area contributed by atoms with Gasteiger partial charge in [-0.2, -0.15) is 15.4 Å². The minimum absolute atomic E-state index is 0.103. The number of carbonyl (C=O) groups is 1. The van der Waals surface area contributed by atoms with Gasteiger partial charge in [-0.05, 0) is 43.7 Å². The summed E-state index contributed by atoms with van der Waals surface area (Å²) >= 11 is 1.69. The third-order valence-corrected chi connectivity index (χ3v) is 4.50. The number of hydrogen-bond acceptors (Lipinski definition) is 5. The van der Waals surface area contributed by atoms with Gasteiger partial charge < -0.3 is 10.2 Å². The highest BCUT2D eigenvalue weighted by atomic mass is 32.1.